The zero-order chi connectivity index (χ0) is 16.2. The average molecular weight is 393 g/mol. The highest BCUT2D eigenvalue weighted by Gasteiger charge is 2.04. The van der Waals surface area contributed by atoms with Crippen LogP contribution in [0.1, 0.15) is 5.82 Å². The first-order valence-corrected chi connectivity index (χ1v) is 7.79. The van der Waals surface area contributed by atoms with Crippen molar-refractivity contribution in [2.75, 3.05) is 5.32 Å². The van der Waals surface area contributed by atoms with Gasteiger partial charge in [0.05, 0.1) is 4.47 Å². The molecule has 1 aromatic carbocycles. The summed E-state index contributed by atoms with van der Waals surface area (Å²) in [4.78, 5) is 16.4. The maximum absolute atomic E-state index is 5.93. The van der Waals surface area contributed by atoms with E-state index in [0.29, 0.717) is 22.5 Å². The van der Waals surface area contributed by atoms with Gasteiger partial charge in [-0.25, -0.2) is 19.9 Å². The molecule has 0 saturated carbocycles. The first kappa shape index (κ1) is 15.6. The molecule has 2 aromatic heterocycles. The van der Waals surface area contributed by atoms with Crippen molar-refractivity contribution in [1.29, 1.82) is 0 Å². The summed E-state index contributed by atoms with van der Waals surface area (Å²) in [5.41, 5.74) is 0.800. The van der Waals surface area contributed by atoms with Crippen LogP contribution in [-0.4, -0.2) is 19.9 Å². The summed E-state index contributed by atoms with van der Waals surface area (Å²) < 4.78 is 6.41. The van der Waals surface area contributed by atoms with Crippen LogP contribution in [0.25, 0.3) is 0 Å². The Bertz CT molecular complexity index is 808. The molecular weight excluding hydrogens is 382 g/mol. The predicted molar refractivity (Wildman–Crippen MR) is 91.3 cm³/mol. The number of nitrogens with one attached hydrogen (secondary N) is 1. The van der Waals surface area contributed by atoms with Gasteiger partial charge in [0.15, 0.2) is 0 Å². The molecule has 6 nitrogen and oxygen atoms in total. The van der Waals surface area contributed by atoms with Crippen LogP contribution in [-0.2, 0) is 0 Å². The lowest BCUT2D eigenvalue weighted by atomic mass is 10.3. The molecule has 116 valence electrons. The Morgan fingerprint density at radius 2 is 1.91 bits per heavy atom. The molecule has 23 heavy (non-hydrogen) atoms. The van der Waals surface area contributed by atoms with E-state index < -0.39 is 0 Å². The van der Waals surface area contributed by atoms with E-state index in [1.165, 1.54) is 0 Å². The number of ether oxygens (including phenoxy) is 1. The molecular formula is C15H11BrClN5O. The Balaban J connectivity index is 1.78. The Hall–Kier alpha value is -2.25. The minimum atomic E-state index is 0.270. The third-order valence-electron chi connectivity index (χ3n) is 2.72. The van der Waals surface area contributed by atoms with Crippen molar-refractivity contribution >= 4 is 39.0 Å². The zero-order valence-corrected chi connectivity index (χ0v) is 14.3. The van der Waals surface area contributed by atoms with Gasteiger partial charge in [-0.15, -0.1) is 0 Å². The number of anilines is 2. The summed E-state index contributed by atoms with van der Waals surface area (Å²) in [5.74, 6) is 1.81. The zero-order valence-electron chi connectivity index (χ0n) is 12.0. The maximum atomic E-state index is 5.93. The lowest BCUT2D eigenvalue weighted by molar-refractivity contribution is 0.441. The van der Waals surface area contributed by atoms with Crippen LogP contribution in [0.3, 0.4) is 0 Å². The summed E-state index contributed by atoms with van der Waals surface area (Å²) >= 11 is 9.21. The highest BCUT2D eigenvalue weighted by Crippen LogP contribution is 2.24. The first-order chi connectivity index (χ1) is 11.1. The van der Waals surface area contributed by atoms with Crippen molar-refractivity contribution in [3.63, 3.8) is 0 Å². The molecule has 0 unspecified atom stereocenters. The van der Waals surface area contributed by atoms with Gasteiger partial charge in [0.2, 0.25) is 0 Å². The fraction of sp³-hybridized carbons (Fsp3) is 0.0667. The molecule has 2 heterocycles. The summed E-state index contributed by atoms with van der Waals surface area (Å²) in [6, 6.07) is 9.30. The molecule has 0 saturated heterocycles. The van der Waals surface area contributed by atoms with Crippen LogP contribution >= 0.6 is 27.5 Å². The van der Waals surface area contributed by atoms with Crippen LogP contribution < -0.4 is 10.1 Å². The second-order valence-electron chi connectivity index (χ2n) is 4.56. The van der Waals surface area contributed by atoms with Crippen molar-refractivity contribution in [2.24, 2.45) is 0 Å². The van der Waals surface area contributed by atoms with E-state index in [-0.39, 0.29) is 6.01 Å². The molecule has 0 spiro atoms. The van der Waals surface area contributed by atoms with E-state index in [0.717, 1.165) is 10.2 Å². The third kappa shape index (κ3) is 4.37. The standard InChI is InChI=1S/C15H11BrClN5O/c1-9-20-13(17)6-14(21-9)22-11-3-2-4-12(5-11)23-15-18-7-10(16)8-19-15/h2-8H,1H3,(H,20,21,22). The van der Waals surface area contributed by atoms with Gasteiger partial charge in [-0.3, -0.25) is 0 Å². The van der Waals surface area contributed by atoms with E-state index in [9.17, 15) is 0 Å². The quantitative estimate of drug-likeness (QED) is 0.658. The van der Waals surface area contributed by atoms with Crippen molar-refractivity contribution in [3.8, 4) is 11.8 Å². The van der Waals surface area contributed by atoms with Gasteiger partial charge in [0, 0.05) is 30.2 Å². The largest absolute Gasteiger partial charge is 0.424 e. The van der Waals surface area contributed by atoms with Crippen LogP contribution in [0, 0.1) is 6.92 Å². The summed E-state index contributed by atoms with van der Waals surface area (Å²) in [6.45, 7) is 1.78. The van der Waals surface area contributed by atoms with Crippen LogP contribution in [0.4, 0.5) is 11.5 Å². The highest BCUT2D eigenvalue weighted by atomic mass is 79.9. The SMILES string of the molecule is Cc1nc(Cl)cc(Nc2cccc(Oc3ncc(Br)cn3)c2)n1. The second kappa shape index (κ2) is 6.89. The lowest BCUT2D eigenvalue weighted by Gasteiger charge is -2.09. The first-order valence-electron chi connectivity index (χ1n) is 6.62. The molecule has 3 rings (SSSR count). The van der Waals surface area contributed by atoms with Crippen LogP contribution in [0.15, 0.2) is 47.2 Å². The number of hydrogen-bond acceptors (Lipinski definition) is 6. The number of aryl methyl sites for hydroxylation is 1. The third-order valence-corrected chi connectivity index (χ3v) is 3.32. The summed E-state index contributed by atoms with van der Waals surface area (Å²) in [6.07, 6.45) is 3.24. The molecule has 0 aliphatic heterocycles. The number of halogens is 2. The van der Waals surface area contributed by atoms with E-state index in [2.05, 4.69) is 41.2 Å². The van der Waals surface area contributed by atoms with Crippen molar-refractivity contribution in [2.45, 2.75) is 6.92 Å². The van der Waals surface area contributed by atoms with E-state index in [1.807, 2.05) is 24.3 Å². The fourth-order valence-electron chi connectivity index (χ4n) is 1.84. The van der Waals surface area contributed by atoms with Gasteiger partial charge >= 0.3 is 6.01 Å². The van der Waals surface area contributed by atoms with Gasteiger partial charge in [0.25, 0.3) is 0 Å². The van der Waals surface area contributed by atoms with Gasteiger partial charge in [0.1, 0.15) is 22.5 Å². The number of nitrogens with zero attached hydrogens (tertiary/aromatic N) is 4. The fourth-order valence-corrected chi connectivity index (χ4v) is 2.27. The van der Waals surface area contributed by atoms with Gasteiger partial charge in [-0.05, 0) is 35.0 Å². The van der Waals surface area contributed by atoms with E-state index in [4.69, 9.17) is 16.3 Å². The number of aromatic nitrogens is 4. The minimum absolute atomic E-state index is 0.270. The molecule has 0 aliphatic rings. The normalized spacial score (nSPS) is 10.4. The highest BCUT2D eigenvalue weighted by molar-refractivity contribution is 9.10. The van der Waals surface area contributed by atoms with Gasteiger partial charge in [-0.2, -0.15) is 0 Å². The molecule has 0 aliphatic carbocycles. The molecule has 1 N–H and O–H groups in total. The van der Waals surface area contributed by atoms with Gasteiger partial charge < -0.3 is 10.1 Å². The second-order valence-corrected chi connectivity index (χ2v) is 5.86. The summed E-state index contributed by atoms with van der Waals surface area (Å²) in [5, 5.41) is 3.54. The smallest absolute Gasteiger partial charge is 0.321 e. The molecule has 3 aromatic rings. The monoisotopic (exact) mass is 391 g/mol. The topological polar surface area (TPSA) is 72.8 Å². The lowest BCUT2D eigenvalue weighted by Crippen LogP contribution is -1.98. The predicted octanol–water partition coefficient (Wildman–Crippen LogP) is 4.53. The molecule has 0 radical (unpaired) electrons. The van der Waals surface area contributed by atoms with E-state index >= 15 is 0 Å². The van der Waals surface area contributed by atoms with Crippen molar-refractivity contribution in [3.05, 3.63) is 58.2 Å². The molecule has 0 fully saturated rings. The Labute approximate surface area is 146 Å². The Morgan fingerprint density at radius 1 is 1.13 bits per heavy atom. The molecule has 8 heteroatoms. The Kier molecular flexibility index (Phi) is 4.68. The Morgan fingerprint density at radius 3 is 2.65 bits per heavy atom. The number of benzene rings is 1. The van der Waals surface area contributed by atoms with E-state index in [1.54, 1.807) is 25.4 Å². The number of rotatable bonds is 4. The van der Waals surface area contributed by atoms with Crippen molar-refractivity contribution in [1.82, 2.24) is 19.9 Å². The minimum Gasteiger partial charge on any atom is -0.424 e. The average Bonchev–Trinajstić information content (AvgIpc) is 2.49. The van der Waals surface area contributed by atoms with Crippen LogP contribution in [0.5, 0.6) is 11.8 Å². The van der Waals surface area contributed by atoms with Crippen LogP contribution in [0.2, 0.25) is 5.15 Å². The molecule has 0 atom stereocenters. The molecule has 0 bridgehead atoms. The maximum Gasteiger partial charge on any atom is 0.321 e. The van der Waals surface area contributed by atoms with Crippen molar-refractivity contribution < 1.29 is 4.74 Å². The van der Waals surface area contributed by atoms with Gasteiger partial charge in [-0.1, -0.05) is 17.7 Å². The number of hydrogen-bond donors (Lipinski definition) is 1. The summed E-state index contributed by atoms with van der Waals surface area (Å²) in [7, 11) is 0. The molecule has 0 amide bonds.